The molecule has 22 heavy (non-hydrogen) atoms. The molecule has 0 spiro atoms. The van der Waals surface area contributed by atoms with Crippen molar-refractivity contribution >= 4 is 0 Å². The molecule has 0 aliphatic rings. The minimum Gasteiger partial charge on any atom is -0.508 e. The van der Waals surface area contributed by atoms with Gasteiger partial charge >= 0.3 is 6.61 Å². The van der Waals surface area contributed by atoms with Gasteiger partial charge in [-0.3, -0.25) is 0 Å². The van der Waals surface area contributed by atoms with Crippen LogP contribution in [-0.2, 0) is 0 Å². The van der Waals surface area contributed by atoms with Crippen molar-refractivity contribution in [1.29, 1.82) is 0 Å². The number of ether oxygens (including phenoxy) is 1. The highest BCUT2D eigenvalue weighted by atomic mass is 19.3. The van der Waals surface area contributed by atoms with Gasteiger partial charge in [0.05, 0.1) is 0 Å². The third-order valence-corrected chi connectivity index (χ3v) is 2.86. The van der Waals surface area contributed by atoms with Crippen LogP contribution in [0.25, 0.3) is 22.8 Å². The minimum absolute atomic E-state index is 0.0477. The Morgan fingerprint density at radius 3 is 2.50 bits per heavy atom. The fraction of sp³-hybridized carbons (Fsp3) is 0.0667. The third kappa shape index (κ3) is 3.03. The topological polar surface area (TPSA) is 68.4 Å². The lowest BCUT2D eigenvalue weighted by molar-refractivity contribution is -0.0498. The lowest BCUT2D eigenvalue weighted by Gasteiger charge is -2.03. The number of nitrogens with zero attached hydrogens (tertiary/aromatic N) is 2. The number of alkyl halides is 2. The first-order valence-corrected chi connectivity index (χ1v) is 6.30. The van der Waals surface area contributed by atoms with Crippen LogP contribution < -0.4 is 4.74 Å². The van der Waals surface area contributed by atoms with Crippen molar-refractivity contribution in [1.82, 2.24) is 10.1 Å². The van der Waals surface area contributed by atoms with Crippen molar-refractivity contribution in [2.24, 2.45) is 0 Å². The van der Waals surface area contributed by atoms with Crippen molar-refractivity contribution in [2.75, 3.05) is 0 Å². The maximum atomic E-state index is 12.1. The monoisotopic (exact) mass is 304 g/mol. The Hall–Kier alpha value is -2.96. The van der Waals surface area contributed by atoms with E-state index < -0.39 is 6.61 Å². The van der Waals surface area contributed by atoms with Gasteiger partial charge in [0, 0.05) is 11.1 Å². The van der Waals surface area contributed by atoms with Gasteiger partial charge in [0.25, 0.3) is 5.89 Å². The molecule has 2 aromatic carbocycles. The van der Waals surface area contributed by atoms with Gasteiger partial charge in [0.15, 0.2) is 0 Å². The SMILES string of the molecule is Oc1cccc(-c2noc(-c3ccc(OC(F)F)cc3)n2)c1. The Labute approximate surface area is 123 Å². The van der Waals surface area contributed by atoms with E-state index in [0.717, 1.165) is 0 Å². The molecule has 0 atom stereocenters. The zero-order chi connectivity index (χ0) is 15.5. The van der Waals surface area contributed by atoms with E-state index in [9.17, 15) is 13.9 Å². The molecule has 1 N–H and O–H groups in total. The lowest BCUT2D eigenvalue weighted by atomic mass is 10.2. The highest BCUT2D eigenvalue weighted by Gasteiger charge is 2.11. The molecule has 1 heterocycles. The molecule has 0 radical (unpaired) electrons. The molecule has 0 aliphatic heterocycles. The molecule has 0 unspecified atom stereocenters. The minimum atomic E-state index is -2.87. The van der Waals surface area contributed by atoms with Gasteiger partial charge in [0.2, 0.25) is 5.82 Å². The summed E-state index contributed by atoms with van der Waals surface area (Å²) in [6.45, 7) is -2.87. The Balaban J connectivity index is 1.84. The van der Waals surface area contributed by atoms with Gasteiger partial charge in [0.1, 0.15) is 11.5 Å². The van der Waals surface area contributed by atoms with E-state index in [1.807, 2.05) is 0 Å². The molecule has 1 aromatic heterocycles. The van der Waals surface area contributed by atoms with Crippen LogP contribution in [0.15, 0.2) is 53.1 Å². The fourth-order valence-corrected chi connectivity index (χ4v) is 1.88. The molecule has 112 valence electrons. The molecule has 0 aliphatic carbocycles. The van der Waals surface area contributed by atoms with Gasteiger partial charge in [-0.1, -0.05) is 17.3 Å². The Bertz CT molecular complexity index is 772. The number of halogens is 2. The summed E-state index contributed by atoms with van der Waals surface area (Å²) in [5, 5.41) is 13.3. The molecule has 7 heteroatoms. The highest BCUT2D eigenvalue weighted by molar-refractivity contribution is 5.61. The van der Waals surface area contributed by atoms with E-state index in [-0.39, 0.29) is 17.4 Å². The highest BCUT2D eigenvalue weighted by Crippen LogP contribution is 2.26. The van der Waals surface area contributed by atoms with Crippen LogP contribution >= 0.6 is 0 Å². The normalized spacial score (nSPS) is 10.9. The summed E-state index contributed by atoms with van der Waals surface area (Å²) in [5.74, 6) is 0.699. The van der Waals surface area contributed by atoms with Crippen LogP contribution in [0.1, 0.15) is 0 Å². The Morgan fingerprint density at radius 2 is 1.82 bits per heavy atom. The summed E-state index contributed by atoms with van der Waals surface area (Å²) in [5.41, 5.74) is 1.17. The fourth-order valence-electron chi connectivity index (χ4n) is 1.88. The van der Waals surface area contributed by atoms with Crippen molar-refractivity contribution in [2.45, 2.75) is 6.61 Å². The van der Waals surface area contributed by atoms with Crippen molar-refractivity contribution in [3.8, 4) is 34.3 Å². The van der Waals surface area contributed by atoms with Crippen molar-refractivity contribution in [3.05, 3.63) is 48.5 Å². The number of phenolic OH excluding ortho intramolecular Hbond substituents is 1. The molecule has 0 saturated carbocycles. The zero-order valence-corrected chi connectivity index (χ0v) is 11.1. The average molecular weight is 304 g/mol. The second-order valence-electron chi connectivity index (χ2n) is 4.38. The summed E-state index contributed by atoms with van der Waals surface area (Å²) in [6.07, 6.45) is 0. The van der Waals surface area contributed by atoms with Crippen LogP contribution in [0.4, 0.5) is 8.78 Å². The van der Waals surface area contributed by atoms with Crippen LogP contribution in [0, 0.1) is 0 Å². The number of hydrogen-bond acceptors (Lipinski definition) is 5. The maximum absolute atomic E-state index is 12.1. The molecular formula is C15H10F2N2O3. The van der Waals surface area contributed by atoms with E-state index in [4.69, 9.17) is 4.52 Å². The summed E-state index contributed by atoms with van der Waals surface area (Å²) in [4.78, 5) is 4.20. The van der Waals surface area contributed by atoms with Crippen molar-refractivity contribution in [3.63, 3.8) is 0 Å². The number of benzene rings is 2. The molecule has 0 amide bonds. The molecular weight excluding hydrogens is 294 g/mol. The molecule has 0 saturated heterocycles. The summed E-state index contributed by atoms with van der Waals surface area (Å²) in [7, 11) is 0. The molecule has 5 nitrogen and oxygen atoms in total. The number of aromatic hydroxyl groups is 1. The largest absolute Gasteiger partial charge is 0.508 e. The average Bonchev–Trinajstić information content (AvgIpc) is 2.97. The van der Waals surface area contributed by atoms with E-state index >= 15 is 0 Å². The lowest BCUT2D eigenvalue weighted by Crippen LogP contribution is -2.01. The van der Waals surface area contributed by atoms with Gasteiger partial charge in [-0.15, -0.1) is 0 Å². The first-order valence-electron chi connectivity index (χ1n) is 6.30. The second kappa shape index (κ2) is 5.80. The van der Waals surface area contributed by atoms with Crippen molar-refractivity contribution < 1.29 is 23.1 Å². The number of phenols is 1. The van der Waals surface area contributed by atoms with Crippen LogP contribution in [0.2, 0.25) is 0 Å². The number of rotatable bonds is 4. The predicted octanol–water partition coefficient (Wildman–Crippen LogP) is 3.71. The van der Waals surface area contributed by atoms with Crippen LogP contribution in [-0.4, -0.2) is 21.9 Å². The third-order valence-electron chi connectivity index (χ3n) is 2.86. The molecule has 0 bridgehead atoms. The van der Waals surface area contributed by atoms with E-state index in [2.05, 4.69) is 14.9 Å². The van der Waals surface area contributed by atoms with Gasteiger partial charge in [-0.25, -0.2) is 0 Å². The maximum Gasteiger partial charge on any atom is 0.387 e. The summed E-state index contributed by atoms with van der Waals surface area (Å²) < 4.78 is 33.6. The van der Waals surface area contributed by atoms with E-state index in [0.29, 0.717) is 17.0 Å². The Kier molecular flexibility index (Phi) is 3.69. The van der Waals surface area contributed by atoms with Gasteiger partial charge in [-0.2, -0.15) is 13.8 Å². The summed E-state index contributed by atoms with van der Waals surface area (Å²) in [6, 6.07) is 12.3. The smallest absolute Gasteiger partial charge is 0.387 e. The predicted molar refractivity (Wildman–Crippen MR) is 73.5 cm³/mol. The quantitative estimate of drug-likeness (QED) is 0.795. The molecule has 3 aromatic rings. The van der Waals surface area contributed by atoms with Gasteiger partial charge < -0.3 is 14.4 Å². The van der Waals surface area contributed by atoms with E-state index in [1.165, 1.54) is 36.4 Å². The van der Waals surface area contributed by atoms with E-state index in [1.54, 1.807) is 12.1 Å². The summed E-state index contributed by atoms with van der Waals surface area (Å²) >= 11 is 0. The van der Waals surface area contributed by atoms with Crippen LogP contribution in [0.3, 0.4) is 0 Å². The standard InChI is InChI=1S/C15H10F2N2O3/c16-15(17)21-12-6-4-9(5-7-12)14-18-13(19-22-14)10-2-1-3-11(20)8-10/h1-8,15,20H. The second-order valence-corrected chi connectivity index (χ2v) is 4.38. The molecule has 3 rings (SSSR count). The first-order chi connectivity index (χ1) is 10.6. The number of hydrogen-bond donors (Lipinski definition) is 1. The number of aromatic nitrogens is 2. The molecule has 0 fully saturated rings. The van der Waals surface area contributed by atoms with Gasteiger partial charge in [-0.05, 0) is 36.4 Å². The van der Waals surface area contributed by atoms with Crippen LogP contribution in [0.5, 0.6) is 11.5 Å². The Morgan fingerprint density at radius 1 is 1.05 bits per heavy atom. The zero-order valence-electron chi connectivity index (χ0n) is 11.1. The first kappa shape index (κ1) is 14.0.